The van der Waals surface area contributed by atoms with Crippen LogP contribution in [0, 0.1) is 5.41 Å². The Morgan fingerprint density at radius 2 is 1.89 bits per heavy atom. The van der Waals surface area contributed by atoms with Gasteiger partial charge in [0, 0.05) is 26.2 Å². The van der Waals surface area contributed by atoms with E-state index in [0.29, 0.717) is 13.1 Å². The molecule has 10 heteroatoms. The molecule has 1 amide bonds. The van der Waals surface area contributed by atoms with Crippen molar-refractivity contribution in [2.24, 2.45) is 5.73 Å². The first-order valence-corrected chi connectivity index (χ1v) is 7.15. The van der Waals surface area contributed by atoms with Crippen LogP contribution >= 0.6 is 0 Å². The molecule has 1 atom stereocenters. The minimum absolute atomic E-state index is 0.0454. The van der Waals surface area contributed by atoms with E-state index in [0.717, 1.165) is 11.4 Å². The Kier molecular flexibility index (Phi) is 5.09. The molecule has 1 aliphatic heterocycles. The number of nitrogens with two attached hydrogens (primary N) is 1. The maximum Gasteiger partial charge on any atom is 0.421 e. The number of hydrogen-bond acceptors (Lipinski definition) is 6. The van der Waals surface area contributed by atoms with Crippen LogP contribution in [0.4, 0.5) is 4.79 Å². The first kappa shape index (κ1) is 15.7. The van der Waals surface area contributed by atoms with Gasteiger partial charge in [0.15, 0.2) is 0 Å². The Morgan fingerprint density at radius 1 is 1.37 bits per heavy atom. The fourth-order valence-corrected chi connectivity index (χ4v) is 2.81. The lowest BCUT2D eigenvalue weighted by Gasteiger charge is -2.36. The van der Waals surface area contributed by atoms with Gasteiger partial charge in [0.1, 0.15) is 5.84 Å². The fourth-order valence-electron chi connectivity index (χ4n) is 1.74. The van der Waals surface area contributed by atoms with Crippen molar-refractivity contribution in [3.63, 3.8) is 0 Å². The van der Waals surface area contributed by atoms with Gasteiger partial charge < -0.3 is 10.5 Å². The molecular formula is C9H19N5O4S. The zero-order valence-electron chi connectivity index (χ0n) is 10.9. The number of nitrogens with one attached hydrogen (secondary N) is 2. The highest BCUT2D eigenvalue weighted by Gasteiger charge is 2.30. The van der Waals surface area contributed by atoms with Gasteiger partial charge >= 0.3 is 16.3 Å². The third-order valence-electron chi connectivity index (χ3n) is 3.01. The number of piperazine rings is 1. The number of amides is 1. The van der Waals surface area contributed by atoms with Crippen LogP contribution in [0.25, 0.3) is 0 Å². The third kappa shape index (κ3) is 4.04. The number of carbonyl (C=O) groups is 1. The molecule has 0 aromatic carbocycles. The van der Waals surface area contributed by atoms with E-state index >= 15 is 0 Å². The van der Waals surface area contributed by atoms with Crippen LogP contribution in [0.1, 0.15) is 6.92 Å². The van der Waals surface area contributed by atoms with Gasteiger partial charge in [-0.15, -0.1) is 0 Å². The van der Waals surface area contributed by atoms with Crippen LogP contribution in [0.2, 0.25) is 0 Å². The highest BCUT2D eigenvalue weighted by atomic mass is 32.2. The van der Waals surface area contributed by atoms with Crippen molar-refractivity contribution in [2.75, 3.05) is 33.3 Å². The van der Waals surface area contributed by atoms with E-state index in [4.69, 9.17) is 11.1 Å². The summed E-state index contributed by atoms with van der Waals surface area (Å²) in [7, 11) is -2.77. The second-order valence-electron chi connectivity index (χ2n) is 4.17. The lowest BCUT2D eigenvalue weighted by Crippen LogP contribution is -2.56. The van der Waals surface area contributed by atoms with Crippen molar-refractivity contribution in [1.29, 1.82) is 5.41 Å². The molecule has 1 heterocycles. The van der Waals surface area contributed by atoms with Crippen molar-refractivity contribution in [3.8, 4) is 0 Å². The zero-order chi connectivity index (χ0) is 14.6. The van der Waals surface area contributed by atoms with E-state index in [9.17, 15) is 13.2 Å². The van der Waals surface area contributed by atoms with Crippen molar-refractivity contribution in [1.82, 2.24) is 13.9 Å². The lowest BCUT2D eigenvalue weighted by atomic mass is 10.2. The minimum atomic E-state index is -3.87. The van der Waals surface area contributed by atoms with Gasteiger partial charge in [0.25, 0.3) is 0 Å². The molecule has 0 saturated carbocycles. The van der Waals surface area contributed by atoms with Gasteiger partial charge in [-0.2, -0.15) is 12.7 Å². The summed E-state index contributed by atoms with van der Waals surface area (Å²) in [6.45, 7) is 3.14. The molecule has 9 nitrogen and oxygen atoms in total. The van der Waals surface area contributed by atoms with Gasteiger partial charge in [-0.05, 0) is 6.92 Å². The molecule has 1 saturated heterocycles. The molecule has 1 fully saturated rings. The third-order valence-corrected chi connectivity index (χ3v) is 4.48. The van der Waals surface area contributed by atoms with Crippen LogP contribution in [-0.2, 0) is 14.9 Å². The number of nitrogens with zero attached hydrogens (tertiary/aromatic N) is 2. The topological polar surface area (TPSA) is 129 Å². The maximum absolute atomic E-state index is 11.8. The second-order valence-corrected chi connectivity index (χ2v) is 5.84. The Hall–Kier alpha value is -1.39. The second kappa shape index (κ2) is 6.17. The number of rotatable bonds is 4. The molecular weight excluding hydrogens is 274 g/mol. The van der Waals surface area contributed by atoms with Crippen LogP contribution in [0.15, 0.2) is 0 Å². The normalized spacial score (nSPS) is 19.7. The van der Waals surface area contributed by atoms with Crippen LogP contribution < -0.4 is 10.5 Å². The van der Waals surface area contributed by atoms with E-state index in [1.54, 1.807) is 11.6 Å². The molecule has 110 valence electrons. The highest BCUT2D eigenvalue weighted by Crippen LogP contribution is 2.09. The summed E-state index contributed by atoms with van der Waals surface area (Å²) in [5.41, 5.74) is 5.41. The van der Waals surface area contributed by atoms with Crippen molar-refractivity contribution in [2.45, 2.75) is 13.0 Å². The molecule has 1 unspecified atom stereocenters. The standard InChI is InChI=1S/C9H19N5O4S/c1-7(8(10)11)13-3-5-14(6-4-13)19(16,17)12-9(15)18-2/h7H,3-6H2,1-2H3,(H3,10,11)(H,12,15). The molecule has 1 rings (SSSR count). The summed E-state index contributed by atoms with van der Waals surface area (Å²) in [6, 6.07) is -0.224. The van der Waals surface area contributed by atoms with Crippen molar-refractivity contribution >= 4 is 22.1 Å². The Balaban J connectivity index is 2.58. The van der Waals surface area contributed by atoms with Crippen LogP contribution in [0.5, 0.6) is 0 Å². The Bertz CT molecular complexity index is 444. The predicted octanol–water partition coefficient (Wildman–Crippen LogP) is -1.47. The molecule has 0 radical (unpaired) electrons. The van der Waals surface area contributed by atoms with Gasteiger partial charge in [-0.1, -0.05) is 0 Å². The fraction of sp³-hybridized carbons (Fsp3) is 0.778. The SMILES string of the molecule is COC(=O)NS(=O)(=O)N1CCN(C(C)C(=N)N)CC1. The average molecular weight is 293 g/mol. The quantitative estimate of drug-likeness (QED) is 0.429. The molecule has 0 aliphatic carbocycles. The summed E-state index contributed by atoms with van der Waals surface area (Å²) in [4.78, 5) is 12.8. The van der Waals surface area contributed by atoms with Crippen molar-refractivity contribution in [3.05, 3.63) is 0 Å². The van der Waals surface area contributed by atoms with Gasteiger partial charge in [-0.3, -0.25) is 10.3 Å². The lowest BCUT2D eigenvalue weighted by molar-refractivity contribution is 0.166. The Labute approximate surface area is 112 Å². The van der Waals surface area contributed by atoms with E-state index < -0.39 is 16.3 Å². The number of hydrogen-bond donors (Lipinski definition) is 3. The molecule has 0 aromatic rings. The Morgan fingerprint density at radius 3 is 2.32 bits per heavy atom. The number of carbonyl (C=O) groups excluding carboxylic acids is 1. The number of methoxy groups -OCH3 is 1. The minimum Gasteiger partial charge on any atom is -0.452 e. The summed E-state index contributed by atoms with van der Waals surface area (Å²) < 4.78 is 30.8. The molecule has 0 spiro atoms. The monoisotopic (exact) mass is 293 g/mol. The van der Waals surface area contributed by atoms with E-state index in [2.05, 4.69) is 4.74 Å². The van der Waals surface area contributed by atoms with E-state index in [1.165, 1.54) is 0 Å². The summed E-state index contributed by atoms with van der Waals surface area (Å²) in [5.74, 6) is 0.0454. The van der Waals surface area contributed by atoms with E-state index in [-0.39, 0.29) is 25.0 Å². The molecule has 0 aromatic heterocycles. The van der Waals surface area contributed by atoms with E-state index in [1.807, 2.05) is 4.90 Å². The number of ether oxygens (including phenoxy) is 1. The van der Waals surface area contributed by atoms with Gasteiger partial charge in [-0.25, -0.2) is 9.52 Å². The van der Waals surface area contributed by atoms with Crippen LogP contribution in [-0.4, -0.2) is 68.9 Å². The number of amidine groups is 1. The zero-order valence-corrected chi connectivity index (χ0v) is 11.7. The first-order chi connectivity index (χ1) is 8.77. The average Bonchev–Trinajstić information content (AvgIpc) is 2.37. The summed E-state index contributed by atoms with van der Waals surface area (Å²) in [6.07, 6.45) is -1.01. The largest absolute Gasteiger partial charge is 0.452 e. The summed E-state index contributed by atoms with van der Waals surface area (Å²) in [5, 5.41) is 7.36. The smallest absolute Gasteiger partial charge is 0.421 e. The maximum atomic E-state index is 11.8. The van der Waals surface area contributed by atoms with Gasteiger partial charge in [0.05, 0.1) is 13.2 Å². The first-order valence-electron chi connectivity index (χ1n) is 5.71. The molecule has 1 aliphatic rings. The molecule has 19 heavy (non-hydrogen) atoms. The van der Waals surface area contributed by atoms with Gasteiger partial charge in [0.2, 0.25) is 0 Å². The molecule has 0 bridgehead atoms. The highest BCUT2D eigenvalue weighted by molar-refractivity contribution is 7.87. The molecule has 4 N–H and O–H groups in total. The summed E-state index contributed by atoms with van der Waals surface area (Å²) >= 11 is 0. The van der Waals surface area contributed by atoms with Crippen LogP contribution in [0.3, 0.4) is 0 Å². The predicted molar refractivity (Wildman–Crippen MR) is 69.0 cm³/mol. The van der Waals surface area contributed by atoms with Crippen molar-refractivity contribution < 1.29 is 17.9 Å².